The largest absolute Gasteiger partial charge is 0.490 e. The lowest BCUT2D eigenvalue weighted by atomic mass is 10.1. The molecule has 146 valence electrons. The van der Waals surface area contributed by atoms with Crippen LogP contribution in [0.25, 0.3) is 0 Å². The van der Waals surface area contributed by atoms with Gasteiger partial charge in [-0.15, -0.1) is 0 Å². The monoisotopic (exact) mass is 383 g/mol. The van der Waals surface area contributed by atoms with Gasteiger partial charge in [0, 0.05) is 40.5 Å². The van der Waals surface area contributed by atoms with Gasteiger partial charge in [-0.3, -0.25) is 4.99 Å². The molecule has 0 aliphatic carbocycles. The van der Waals surface area contributed by atoms with Gasteiger partial charge in [0.1, 0.15) is 12.4 Å². The molecule has 0 radical (unpaired) electrons. The molecule has 0 aromatic heterocycles. The Balaban J connectivity index is 1.64. The van der Waals surface area contributed by atoms with Crippen LogP contribution in [0, 0.1) is 0 Å². The quantitative estimate of drug-likeness (QED) is 0.403. The van der Waals surface area contributed by atoms with Crippen molar-refractivity contribution < 1.29 is 14.2 Å². The summed E-state index contributed by atoms with van der Waals surface area (Å²) in [5.74, 6) is 1.61. The number of guanidine groups is 1. The number of likely N-dealkylation sites (tertiary alicyclic amines) is 1. The van der Waals surface area contributed by atoms with Crippen molar-refractivity contribution in [3.8, 4) is 5.75 Å². The Bertz CT molecular complexity index is 549. The van der Waals surface area contributed by atoms with E-state index in [2.05, 4.69) is 15.2 Å². The summed E-state index contributed by atoms with van der Waals surface area (Å²) in [5, 5.41) is 3.98. The molecule has 1 fully saturated rings. The lowest BCUT2D eigenvalue weighted by molar-refractivity contribution is 0.00989. The number of benzene rings is 1. The number of nitrogens with one attached hydrogen (secondary N) is 1. The second-order valence-corrected chi connectivity index (χ2v) is 6.56. The maximum Gasteiger partial charge on any atom is 0.193 e. The van der Waals surface area contributed by atoms with Crippen molar-refractivity contribution >= 4 is 17.6 Å². The van der Waals surface area contributed by atoms with Crippen molar-refractivity contribution in [3.63, 3.8) is 0 Å². The SMILES string of the molecule is CN=C(NCCOc1ccccc1Cl)N1CCC(OCCCOC)CC1. The van der Waals surface area contributed by atoms with Gasteiger partial charge in [0.05, 0.1) is 17.7 Å². The molecule has 0 spiro atoms. The fourth-order valence-electron chi connectivity index (χ4n) is 2.91. The first-order valence-electron chi connectivity index (χ1n) is 9.18. The Morgan fingerprint density at radius 3 is 2.69 bits per heavy atom. The number of halogens is 1. The van der Waals surface area contributed by atoms with Crippen molar-refractivity contribution in [2.75, 3.05) is 53.6 Å². The first-order chi connectivity index (χ1) is 12.7. The molecule has 0 amide bonds. The van der Waals surface area contributed by atoms with E-state index in [9.17, 15) is 0 Å². The third-order valence-electron chi connectivity index (χ3n) is 4.28. The fourth-order valence-corrected chi connectivity index (χ4v) is 3.10. The van der Waals surface area contributed by atoms with Gasteiger partial charge in [0.15, 0.2) is 5.96 Å². The maximum atomic E-state index is 6.09. The molecule has 6 nitrogen and oxygen atoms in total. The number of hydrogen-bond acceptors (Lipinski definition) is 4. The zero-order chi connectivity index (χ0) is 18.6. The summed E-state index contributed by atoms with van der Waals surface area (Å²) in [7, 11) is 3.53. The van der Waals surface area contributed by atoms with Gasteiger partial charge >= 0.3 is 0 Å². The molecule has 1 heterocycles. The van der Waals surface area contributed by atoms with Crippen molar-refractivity contribution in [2.45, 2.75) is 25.4 Å². The van der Waals surface area contributed by atoms with Crippen LogP contribution in [-0.4, -0.2) is 70.6 Å². The van der Waals surface area contributed by atoms with Gasteiger partial charge in [0.25, 0.3) is 0 Å². The van der Waals surface area contributed by atoms with Crippen LogP contribution in [0.1, 0.15) is 19.3 Å². The van der Waals surface area contributed by atoms with Crippen molar-refractivity contribution in [2.24, 2.45) is 4.99 Å². The Hall–Kier alpha value is -1.50. The Kier molecular flexibility index (Phi) is 9.60. The molecule has 26 heavy (non-hydrogen) atoms. The van der Waals surface area contributed by atoms with Crippen LogP contribution in [0.4, 0.5) is 0 Å². The van der Waals surface area contributed by atoms with Crippen molar-refractivity contribution in [1.82, 2.24) is 10.2 Å². The van der Waals surface area contributed by atoms with E-state index in [-0.39, 0.29) is 0 Å². The first kappa shape index (κ1) is 20.8. The summed E-state index contributed by atoms with van der Waals surface area (Å²) in [6.07, 6.45) is 3.32. The van der Waals surface area contributed by atoms with E-state index in [1.54, 1.807) is 7.11 Å². The molecule has 7 heteroatoms. The lowest BCUT2D eigenvalue weighted by Gasteiger charge is -2.34. The average Bonchev–Trinajstić information content (AvgIpc) is 2.67. The highest BCUT2D eigenvalue weighted by Crippen LogP contribution is 2.22. The van der Waals surface area contributed by atoms with E-state index in [0.717, 1.165) is 51.5 Å². The molecule has 1 aromatic rings. The molecule has 0 bridgehead atoms. The topological polar surface area (TPSA) is 55.3 Å². The minimum absolute atomic E-state index is 0.338. The van der Waals surface area contributed by atoms with Crippen LogP contribution in [0.3, 0.4) is 0 Å². The second kappa shape index (κ2) is 12.0. The third-order valence-corrected chi connectivity index (χ3v) is 4.59. The number of piperidine rings is 1. The number of rotatable bonds is 9. The zero-order valence-corrected chi connectivity index (χ0v) is 16.5. The Morgan fingerprint density at radius 1 is 1.23 bits per heavy atom. The summed E-state index contributed by atoms with van der Waals surface area (Å²) in [5.41, 5.74) is 0. The van der Waals surface area contributed by atoms with E-state index in [0.29, 0.717) is 30.0 Å². The molecule has 0 saturated carbocycles. The minimum atomic E-state index is 0.338. The third kappa shape index (κ3) is 7.02. The highest BCUT2D eigenvalue weighted by molar-refractivity contribution is 6.32. The predicted octanol–water partition coefficient (Wildman–Crippen LogP) is 2.81. The standard InChI is InChI=1S/C19H30ClN3O3/c1-21-19(22-10-15-26-18-7-4-3-6-17(18)20)23-11-8-16(9-12-23)25-14-5-13-24-2/h3-4,6-7,16H,5,8-15H2,1-2H3,(H,21,22). The molecular formula is C19H30ClN3O3. The van der Waals surface area contributed by atoms with E-state index in [4.69, 9.17) is 25.8 Å². The molecule has 2 rings (SSSR count). The van der Waals surface area contributed by atoms with Gasteiger partial charge in [-0.1, -0.05) is 23.7 Å². The van der Waals surface area contributed by atoms with Gasteiger partial charge in [-0.25, -0.2) is 0 Å². The molecule has 1 N–H and O–H groups in total. The van der Waals surface area contributed by atoms with Crippen LogP contribution < -0.4 is 10.1 Å². The summed E-state index contributed by atoms with van der Waals surface area (Å²) < 4.78 is 16.7. The van der Waals surface area contributed by atoms with Crippen LogP contribution in [0.15, 0.2) is 29.3 Å². The summed E-state index contributed by atoms with van der Waals surface area (Å²) in [6, 6.07) is 7.49. The Labute approximate surface area is 161 Å². The molecule has 1 aliphatic rings. The fraction of sp³-hybridized carbons (Fsp3) is 0.632. The Morgan fingerprint density at radius 2 is 2.00 bits per heavy atom. The highest BCUT2D eigenvalue weighted by atomic mass is 35.5. The van der Waals surface area contributed by atoms with E-state index in [1.165, 1.54) is 0 Å². The molecule has 1 aromatic carbocycles. The molecule has 1 saturated heterocycles. The van der Waals surface area contributed by atoms with Crippen LogP contribution in [0.5, 0.6) is 5.75 Å². The van der Waals surface area contributed by atoms with Crippen LogP contribution >= 0.6 is 11.6 Å². The number of nitrogens with zero attached hydrogens (tertiary/aromatic N) is 2. The maximum absolute atomic E-state index is 6.09. The van der Waals surface area contributed by atoms with Crippen molar-refractivity contribution in [3.05, 3.63) is 29.3 Å². The van der Waals surface area contributed by atoms with Gasteiger partial charge in [-0.05, 0) is 31.4 Å². The average molecular weight is 384 g/mol. The number of aliphatic imine (C=N–C) groups is 1. The predicted molar refractivity (Wildman–Crippen MR) is 105 cm³/mol. The molecule has 0 unspecified atom stereocenters. The van der Waals surface area contributed by atoms with Gasteiger partial charge in [-0.2, -0.15) is 0 Å². The molecule has 1 aliphatic heterocycles. The van der Waals surface area contributed by atoms with E-state index >= 15 is 0 Å². The smallest absolute Gasteiger partial charge is 0.193 e. The number of hydrogen-bond donors (Lipinski definition) is 1. The molecular weight excluding hydrogens is 354 g/mol. The van der Waals surface area contributed by atoms with Crippen molar-refractivity contribution in [1.29, 1.82) is 0 Å². The number of para-hydroxylation sites is 1. The van der Waals surface area contributed by atoms with Crippen LogP contribution in [0.2, 0.25) is 5.02 Å². The van der Waals surface area contributed by atoms with E-state index < -0.39 is 0 Å². The van der Waals surface area contributed by atoms with Gasteiger partial charge < -0.3 is 24.4 Å². The number of ether oxygens (including phenoxy) is 3. The minimum Gasteiger partial charge on any atom is -0.490 e. The van der Waals surface area contributed by atoms with Gasteiger partial charge in [0.2, 0.25) is 0 Å². The van der Waals surface area contributed by atoms with E-state index in [1.807, 2.05) is 31.3 Å². The second-order valence-electron chi connectivity index (χ2n) is 6.16. The normalized spacial score (nSPS) is 16.0. The summed E-state index contributed by atoms with van der Waals surface area (Å²) in [4.78, 5) is 6.65. The zero-order valence-electron chi connectivity index (χ0n) is 15.7. The lowest BCUT2D eigenvalue weighted by Crippen LogP contribution is -2.47. The number of methoxy groups -OCH3 is 1. The highest BCUT2D eigenvalue weighted by Gasteiger charge is 2.21. The summed E-state index contributed by atoms with van der Waals surface area (Å²) in [6.45, 7) is 4.61. The molecule has 0 atom stereocenters. The first-order valence-corrected chi connectivity index (χ1v) is 9.56. The van der Waals surface area contributed by atoms with Crippen LogP contribution in [-0.2, 0) is 9.47 Å². The summed E-state index contributed by atoms with van der Waals surface area (Å²) >= 11 is 6.09.